The summed E-state index contributed by atoms with van der Waals surface area (Å²) >= 11 is 0. The zero-order valence-electron chi connectivity index (χ0n) is 14.7. The Morgan fingerprint density at radius 3 is 2.74 bits per heavy atom. The van der Waals surface area contributed by atoms with E-state index >= 15 is 0 Å². The number of aryl methyl sites for hydroxylation is 1. The molecule has 7 heteroatoms. The maximum atomic E-state index is 14.5. The maximum Gasteiger partial charge on any atom is 0.340 e. The predicted octanol–water partition coefficient (Wildman–Crippen LogP) is 3.86. The van der Waals surface area contributed by atoms with Crippen LogP contribution in [0.1, 0.15) is 23.0 Å². The number of ether oxygens (including phenoxy) is 1. The summed E-state index contributed by atoms with van der Waals surface area (Å²) in [6.45, 7) is 3.73. The molecule has 0 fully saturated rings. The molecule has 0 spiro atoms. The number of esters is 1. The van der Waals surface area contributed by atoms with Crippen LogP contribution < -0.4 is 0 Å². The molecule has 0 radical (unpaired) electrons. The molecule has 2 aromatic heterocycles. The maximum absolute atomic E-state index is 14.5. The first-order valence-corrected chi connectivity index (χ1v) is 8.44. The zero-order valence-corrected chi connectivity index (χ0v) is 14.7. The summed E-state index contributed by atoms with van der Waals surface area (Å²) < 4.78 is 19.7. The topological polar surface area (TPSA) is 77.9 Å². The van der Waals surface area contributed by atoms with Gasteiger partial charge in [0.1, 0.15) is 11.3 Å². The smallest absolute Gasteiger partial charge is 0.340 e. The zero-order chi connectivity index (χ0) is 19.0. The number of carbonyl (C=O) groups is 1. The second-order valence-corrected chi connectivity index (χ2v) is 5.99. The van der Waals surface area contributed by atoms with Gasteiger partial charge in [-0.1, -0.05) is 12.1 Å². The third-order valence-corrected chi connectivity index (χ3v) is 4.20. The largest absolute Gasteiger partial charge is 0.462 e. The first kappa shape index (κ1) is 17.0. The van der Waals surface area contributed by atoms with Crippen LogP contribution >= 0.6 is 0 Å². The first-order chi connectivity index (χ1) is 13.1. The number of nitrogens with zero attached hydrogens (tertiary/aromatic N) is 4. The lowest BCUT2D eigenvalue weighted by atomic mass is 10.0. The second kappa shape index (κ2) is 6.68. The van der Waals surface area contributed by atoms with Gasteiger partial charge in [-0.3, -0.25) is 9.97 Å². The summed E-state index contributed by atoms with van der Waals surface area (Å²) in [7, 11) is 0. The minimum Gasteiger partial charge on any atom is -0.462 e. The van der Waals surface area contributed by atoms with Crippen LogP contribution in [0, 0.1) is 12.7 Å². The van der Waals surface area contributed by atoms with Gasteiger partial charge in [0, 0.05) is 22.5 Å². The highest BCUT2D eigenvalue weighted by molar-refractivity contribution is 6.15. The van der Waals surface area contributed by atoms with Crippen LogP contribution in [-0.2, 0) is 4.74 Å². The van der Waals surface area contributed by atoms with E-state index in [2.05, 4.69) is 20.2 Å². The number of hydrogen-bond donors (Lipinski definition) is 0. The Hall–Kier alpha value is -3.48. The Balaban J connectivity index is 2.17. The summed E-state index contributed by atoms with van der Waals surface area (Å²) in [5, 5.41) is 9.09. The Morgan fingerprint density at radius 1 is 1.15 bits per heavy atom. The van der Waals surface area contributed by atoms with Gasteiger partial charge in [0.15, 0.2) is 0 Å². The SMILES string of the molecule is CCOC(=O)c1cc2c(-c3ccccc3F)nc(C)cnc2c2cnnc12. The molecule has 2 heterocycles. The molecule has 0 aliphatic rings. The molecule has 0 amide bonds. The average molecular weight is 362 g/mol. The minimum absolute atomic E-state index is 0.227. The number of benzene rings is 2. The van der Waals surface area contributed by atoms with Crippen LogP contribution in [0.5, 0.6) is 0 Å². The molecule has 0 saturated carbocycles. The number of aromatic nitrogens is 4. The number of hydrogen-bond acceptors (Lipinski definition) is 6. The summed E-state index contributed by atoms with van der Waals surface area (Å²) in [6, 6.07) is 7.97. The first-order valence-electron chi connectivity index (χ1n) is 8.44. The third kappa shape index (κ3) is 2.87. The van der Waals surface area contributed by atoms with Gasteiger partial charge in [-0.15, -0.1) is 5.10 Å². The normalized spacial score (nSPS) is 11.1. The Morgan fingerprint density at radius 2 is 1.96 bits per heavy atom. The number of halogens is 1. The van der Waals surface area contributed by atoms with Gasteiger partial charge in [-0.05, 0) is 32.0 Å². The molecule has 134 valence electrons. The summed E-state index contributed by atoms with van der Waals surface area (Å²) in [5.41, 5.74) is 2.53. The molecule has 2 aromatic carbocycles. The molecular weight excluding hydrogens is 347 g/mol. The molecule has 0 bridgehead atoms. The van der Waals surface area contributed by atoms with Crippen molar-refractivity contribution in [3.63, 3.8) is 0 Å². The third-order valence-electron chi connectivity index (χ3n) is 4.20. The number of fused-ring (bicyclic) bond motifs is 3. The molecule has 27 heavy (non-hydrogen) atoms. The Labute approximate surface area is 154 Å². The molecule has 0 saturated heterocycles. The van der Waals surface area contributed by atoms with Gasteiger partial charge in [-0.25, -0.2) is 9.18 Å². The summed E-state index contributed by atoms with van der Waals surface area (Å²) in [4.78, 5) is 21.5. The van der Waals surface area contributed by atoms with E-state index in [9.17, 15) is 9.18 Å². The lowest BCUT2D eigenvalue weighted by Gasteiger charge is -2.07. The quantitative estimate of drug-likeness (QED) is 0.515. The van der Waals surface area contributed by atoms with Crippen LogP contribution in [0.3, 0.4) is 0 Å². The lowest BCUT2D eigenvalue weighted by molar-refractivity contribution is 0.0528. The molecule has 0 atom stereocenters. The molecule has 0 aliphatic carbocycles. The van der Waals surface area contributed by atoms with Gasteiger partial charge in [0.05, 0.1) is 35.3 Å². The van der Waals surface area contributed by atoms with Crippen molar-refractivity contribution in [2.24, 2.45) is 0 Å². The van der Waals surface area contributed by atoms with Crippen molar-refractivity contribution in [3.05, 3.63) is 59.8 Å². The highest BCUT2D eigenvalue weighted by atomic mass is 19.1. The highest BCUT2D eigenvalue weighted by Crippen LogP contribution is 2.33. The van der Waals surface area contributed by atoms with E-state index in [1.807, 2.05) is 0 Å². The van der Waals surface area contributed by atoms with Crippen LogP contribution in [0.4, 0.5) is 4.39 Å². The summed E-state index contributed by atoms with van der Waals surface area (Å²) in [6.07, 6.45) is 3.14. The van der Waals surface area contributed by atoms with E-state index in [1.54, 1.807) is 44.3 Å². The Kier molecular flexibility index (Phi) is 4.19. The average Bonchev–Trinajstić information content (AvgIpc) is 3.08. The fourth-order valence-corrected chi connectivity index (χ4v) is 3.02. The van der Waals surface area contributed by atoms with Gasteiger partial charge < -0.3 is 4.74 Å². The molecule has 0 N–H and O–H groups in total. The standard InChI is InChI=1S/C20H15FN4O2/c1-3-27-20(26)14-8-13-17(15-10-23-25-19(14)15)22-9-11(2)24-18(13)12-6-4-5-7-16(12)21/h4-10H,3H2,1-2H3. The Bertz CT molecular complexity index is 1190. The van der Waals surface area contributed by atoms with E-state index in [0.29, 0.717) is 38.8 Å². The van der Waals surface area contributed by atoms with E-state index in [-0.39, 0.29) is 12.2 Å². The van der Waals surface area contributed by atoms with Gasteiger partial charge in [0.2, 0.25) is 0 Å². The predicted molar refractivity (Wildman–Crippen MR) is 98.7 cm³/mol. The molecule has 6 nitrogen and oxygen atoms in total. The minimum atomic E-state index is -0.521. The van der Waals surface area contributed by atoms with Gasteiger partial charge in [-0.2, -0.15) is 5.10 Å². The second-order valence-electron chi connectivity index (χ2n) is 5.99. The molecule has 0 unspecified atom stereocenters. The molecule has 4 rings (SSSR count). The number of carbonyl (C=O) groups excluding carboxylic acids is 1. The van der Waals surface area contributed by atoms with Crippen molar-refractivity contribution >= 4 is 27.8 Å². The van der Waals surface area contributed by atoms with Crippen molar-refractivity contribution in [3.8, 4) is 11.3 Å². The van der Waals surface area contributed by atoms with Crippen molar-refractivity contribution < 1.29 is 13.9 Å². The van der Waals surface area contributed by atoms with Crippen molar-refractivity contribution in [2.75, 3.05) is 6.61 Å². The van der Waals surface area contributed by atoms with E-state index in [0.717, 1.165) is 0 Å². The van der Waals surface area contributed by atoms with E-state index < -0.39 is 11.8 Å². The lowest BCUT2D eigenvalue weighted by Crippen LogP contribution is -2.06. The van der Waals surface area contributed by atoms with Crippen LogP contribution in [0.25, 0.3) is 33.1 Å². The van der Waals surface area contributed by atoms with Gasteiger partial charge >= 0.3 is 5.97 Å². The molecule has 0 aliphatic heterocycles. The van der Waals surface area contributed by atoms with Crippen LogP contribution in [-0.4, -0.2) is 32.7 Å². The van der Waals surface area contributed by atoms with Gasteiger partial charge in [0.25, 0.3) is 0 Å². The van der Waals surface area contributed by atoms with Crippen LogP contribution in [0.15, 0.2) is 42.7 Å². The monoisotopic (exact) mass is 362 g/mol. The van der Waals surface area contributed by atoms with Crippen molar-refractivity contribution in [1.82, 2.24) is 20.2 Å². The van der Waals surface area contributed by atoms with Crippen LogP contribution in [0.2, 0.25) is 0 Å². The highest BCUT2D eigenvalue weighted by Gasteiger charge is 2.20. The fraction of sp³-hybridized carbons (Fsp3) is 0.150. The fourth-order valence-electron chi connectivity index (χ4n) is 3.02. The summed E-state index contributed by atoms with van der Waals surface area (Å²) in [5.74, 6) is -0.930. The van der Waals surface area contributed by atoms with Crippen molar-refractivity contribution in [1.29, 1.82) is 0 Å². The van der Waals surface area contributed by atoms with E-state index in [4.69, 9.17) is 4.74 Å². The number of rotatable bonds is 3. The van der Waals surface area contributed by atoms with Crippen molar-refractivity contribution in [2.45, 2.75) is 13.8 Å². The molecule has 4 aromatic rings. The van der Waals surface area contributed by atoms with E-state index in [1.165, 1.54) is 12.3 Å². The molecular formula is C20H15FN4O2.